The number of hydrogen-bond acceptors (Lipinski definition) is 5. The van der Waals surface area contributed by atoms with E-state index in [9.17, 15) is 19.8 Å². The van der Waals surface area contributed by atoms with Crippen molar-refractivity contribution in [3.05, 3.63) is 24.3 Å². The molecule has 0 heterocycles. The molecule has 0 rings (SSSR count). The smallest absolute Gasteiger partial charge is 0.305 e. The van der Waals surface area contributed by atoms with Crippen LogP contribution in [0.3, 0.4) is 0 Å². The van der Waals surface area contributed by atoms with E-state index in [1.807, 2.05) is 0 Å². The molecule has 2 atom stereocenters. The molecule has 0 aromatic carbocycles. The van der Waals surface area contributed by atoms with E-state index in [1.165, 1.54) is 263 Å². The van der Waals surface area contributed by atoms with Crippen LogP contribution in [0.15, 0.2) is 24.3 Å². The summed E-state index contributed by atoms with van der Waals surface area (Å²) in [5.74, 6) is -0.0726. The van der Waals surface area contributed by atoms with Crippen molar-refractivity contribution >= 4 is 11.9 Å². The van der Waals surface area contributed by atoms with Gasteiger partial charge in [0.05, 0.1) is 25.4 Å². The second kappa shape index (κ2) is 62.9. The van der Waals surface area contributed by atoms with Crippen molar-refractivity contribution in [2.45, 2.75) is 379 Å². The number of carbonyl (C=O) groups is 2. The largest absolute Gasteiger partial charge is 0.466 e. The van der Waals surface area contributed by atoms with Crippen LogP contribution >= 0.6 is 0 Å². The molecule has 0 saturated carbocycles. The van der Waals surface area contributed by atoms with Gasteiger partial charge in [-0.2, -0.15) is 0 Å². The van der Waals surface area contributed by atoms with Gasteiger partial charge in [-0.3, -0.25) is 9.59 Å². The zero-order valence-corrected chi connectivity index (χ0v) is 49.4. The minimum Gasteiger partial charge on any atom is -0.466 e. The van der Waals surface area contributed by atoms with Crippen LogP contribution in [-0.2, 0) is 14.3 Å². The number of unbranched alkanes of at least 4 members (excludes halogenated alkanes) is 47. The fourth-order valence-electron chi connectivity index (χ4n) is 10.4. The van der Waals surface area contributed by atoms with E-state index in [-0.39, 0.29) is 18.5 Å². The Morgan fingerprint density at radius 3 is 0.986 bits per heavy atom. The molecular formula is C67H129NO5. The first-order valence-corrected chi connectivity index (χ1v) is 33.1. The Labute approximate surface area is 456 Å². The van der Waals surface area contributed by atoms with Crippen molar-refractivity contribution < 1.29 is 24.5 Å². The summed E-state index contributed by atoms with van der Waals surface area (Å²) >= 11 is 0. The molecule has 0 aliphatic heterocycles. The van der Waals surface area contributed by atoms with Gasteiger partial charge in [-0.1, -0.05) is 301 Å². The van der Waals surface area contributed by atoms with Gasteiger partial charge in [-0.15, -0.1) is 0 Å². The number of hydrogen-bond donors (Lipinski definition) is 3. The molecule has 0 spiro atoms. The lowest BCUT2D eigenvalue weighted by atomic mass is 10.0. The number of allylic oxidation sites excluding steroid dienone is 4. The second-order valence-electron chi connectivity index (χ2n) is 22.8. The highest BCUT2D eigenvalue weighted by molar-refractivity contribution is 5.76. The van der Waals surface area contributed by atoms with Gasteiger partial charge < -0.3 is 20.3 Å². The van der Waals surface area contributed by atoms with Crippen LogP contribution in [0.2, 0.25) is 0 Å². The third kappa shape index (κ3) is 59.4. The summed E-state index contributed by atoms with van der Waals surface area (Å²) in [6, 6.07) is -0.563. The fraction of sp³-hybridized carbons (Fsp3) is 0.910. The third-order valence-electron chi connectivity index (χ3n) is 15.5. The van der Waals surface area contributed by atoms with Crippen molar-refractivity contribution in [2.75, 3.05) is 13.2 Å². The minimum atomic E-state index is -0.683. The maximum Gasteiger partial charge on any atom is 0.305 e. The molecule has 0 aromatic rings. The normalized spacial score (nSPS) is 12.7. The molecule has 0 radical (unpaired) electrons. The van der Waals surface area contributed by atoms with E-state index in [0.29, 0.717) is 25.9 Å². The summed E-state index contributed by atoms with van der Waals surface area (Å²) in [4.78, 5) is 24.6. The molecule has 0 bridgehead atoms. The highest BCUT2D eigenvalue weighted by Crippen LogP contribution is 2.18. The molecule has 3 N–H and O–H groups in total. The van der Waals surface area contributed by atoms with Gasteiger partial charge in [0.1, 0.15) is 0 Å². The summed E-state index contributed by atoms with van der Waals surface area (Å²) in [5.41, 5.74) is 0. The number of ether oxygens (including phenoxy) is 1. The molecule has 1 amide bonds. The number of rotatable bonds is 62. The molecule has 0 aliphatic rings. The van der Waals surface area contributed by atoms with Crippen LogP contribution in [0, 0.1) is 0 Å². The molecule has 0 aliphatic carbocycles. The Bertz CT molecular complexity index is 1140. The topological polar surface area (TPSA) is 95.9 Å². The second-order valence-corrected chi connectivity index (χ2v) is 22.8. The Hall–Kier alpha value is -1.66. The lowest BCUT2D eigenvalue weighted by Gasteiger charge is -2.22. The highest BCUT2D eigenvalue weighted by atomic mass is 16.5. The van der Waals surface area contributed by atoms with Gasteiger partial charge in [0, 0.05) is 12.8 Å². The number of amides is 1. The maximum atomic E-state index is 12.5. The average Bonchev–Trinajstić information content (AvgIpc) is 3.39. The van der Waals surface area contributed by atoms with E-state index in [1.54, 1.807) is 0 Å². The molecule has 6 nitrogen and oxygen atoms in total. The zero-order chi connectivity index (χ0) is 52.9. The Balaban J connectivity index is 3.46. The van der Waals surface area contributed by atoms with Gasteiger partial charge in [0.15, 0.2) is 0 Å². The summed E-state index contributed by atoms with van der Waals surface area (Å²) in [7, 11) is 0. The fourth-order valence-corrected chi connectivity index (χ4v) is 10.4. The third-order valence-corrected chi connectivity index (χ3v) is 15.5. The van der Waals surface area contributed by atoms with Crippen LogP contribution in [0.4, 0.5) is 0 Å². The van der Waals surface area contributed by atoms with Crippen LogP contribution in [0.25, 0.3) is 0 Å². The van der Waals surface area contributed by atoms with E-state index in [0.717, 1.165) is 70.6 Å². The first kappa shape index (κ1) is 71.3. The van der Waals surface area contributed by atoms with Crippen LogP contribution in [0.1, 0.15) is 367 Å². The monoisotopic (exact) mass is 1030 g/mol. The number of aliphatic hydroxyl groups is 2. The standard InChI is InChI=1S/C67H129NO5/c1-3-5-7-9-11-13-15-17-19-21-23-24-25-26-27-29-30-32-35-39-43-47-51-55-59-65(70)64(63-69)68-66(71)60-56-52-48-44-40-36-34-38-42-46-50-54-58-62-73-67(72)61-57-53-49-45-41-37-33-31-28-22-20-18-16-14-12-10-8-6-4-2/h18,20,36,40,64-65,69-70H,3-17,19,21-35,37-39,41-63H2,1-2H3,(H,68,71)/b20-18-,40-36-. The molecule has 0 fully saturated rings. The van der Waals surface area contributed by atoms with Gasteiger partial charge in [0.2, 0.25) is 5.91 Å². The van der Waals surface area contributed by atoms with E-state index in [4.69, 9.17) is 4.74 Å². The van der Waals surface area contributed by atoms with Gasteiger partial charge >= 0.3 is 5.97 Å². The van der Waals surface area contributed by atoms with E-state index < -0.39 is 12.1 Å². The Morgan fingerprint density at radius 1 is 0.370 bits per heavy atom. The van der Waals surface area contributed by atoms with Crippen LogP contribution in [-0.4, -0.2) is 47.4 Å². The SMILES string of the molecule is CCCCCCCC/C=C\CCCCCCCCCCCC(=O)OCCCCCCCC/C=C\CCCCCC(=O)NC(CO)C(O)CCCCCCCCCCCCCCCCCCCCCCCCCC. The number of esters is 1. The van der Waals surface area contributed by atoms with E-state index in [2.05, 4.69) is 43.5 Å². The predicted molar refractivity (Wildman–Crippen MR) is 320 cm³/mol. The van der Waals surface area contributed by atoms with Crippen molar-refractivity contribution in [3.8, 4) is 0 Å². The van der Waals surface area contributed by atoms with Crippen molar-refractivity contribution in [1.29, 1.82) is 0 Å². The summed E-state index contributed by atoms with van der Waals surface area (Å²) in [6.45, 7) is 4.94. The van der Waals surface area contributed by atoms with Crippen molar-refractivity contribution in [3.63, 3.8) is 0 Å². The molecule has 6 heteroatoms. The zero-order valence-electron chi connectivity index (χ0n) is 49.4. The van der Waals surface area contributed by atoms with E-state index >= 15 is 0 Å². The quantitative estimate of drug-likeness (QED) is 0.0320. The lowest BCUT2D eigenvalue weighted by molar-refractivity contribution is -0.143. The molecule has 0 saturated heterocycles. The van der Waals surface area contributed by atoms with Crippen LogP contribution < -0.4 is 5.32 Å². The summed E-state index contributed by atoms with van der Waals surface area (Å²) < 4.78 is 5.49. The van der Waals surface area contributed by atoms with Gasteiger partial charge in [0.25, 0.3) is 0 Å². The van der Waals surface area contributed by atoms with Crippen LogP contribution in [0.5, 0.6) is 0 Å². The first-order valence-electron chi connectivity index (χ1n) is 33.1. The lowest BCUT2D eigenvalue weighted by Crippen LogP contribution is -2.45. The summed E-state index contributed by atoms with van der Waals surface area (Å²) in [5, 5.41) is 23.4. The summed E-state index contributed by atoms with van der Waals surface area (Å²) in [6.07, 6.45) is 77.7. The molecule has 432 valence electrons. The highest BCUT2D eigenvalue weighted by Gasteiger charge is 2.20. The molecule has 73 heavy (non-hydrogen) atoms. The minimum absolute atomic E-state index is 0.0118. The van der Waals surface area contributed by atoms with Gasteiger partial charge in [-0.25, -0.2) is 0 Å². The first-order chi connectivity index (χ1) is 36.0. The molecule has 0 aromatic heterocycles. The van der Waals surface area contributed by atoms with Crippen molar-refractivity contribution in [2.24, 2.45) is 0 Å². The maximum absolute atomic E-state index is 12.5. The van der Waals surface area contributed by atoms with Crippen molar-refractivity contribution in [1.82, 2.24) is 5.32 Å². The molecule has 2 unspecified atom stereocenters. The van der Waals surface area contributed by atoms with Gasteiger partial charge in [-0.05, 0) is 77.0 Å². The Morgan fingerprint density at radius 2 is 0.644 bits per heavy atom. The Kier molecular flexibility index (Phi) is 61.4. The molecular weight excluding hydrogens is 899 g/mol. The predicted octanol–water partition coefficient (Wildman–Crippen LogP) is 21.0. The average molecular weight is 1030 g/mol. The number of aliphatic hydroxyl groups excluding tert-OH is 2. The number of carbonyl (C=O) groups excluding carboxylic acids is 2. The number of nitrogens with one attached hydrogen (secondary N) is 1.